The lowest BCUT2D eigenvalue weighted by atomic mass is 10.2. The number of amides is 2. The van der Waals surface area contributed by atoms with Crippen molar-refractivity contribution < 1.29 is 28.2 Å². The number of ether oxygens (including phenoxy) is 3. The van der Waals surface area contributed by atoms with Crippen molar-refractivity contribution in [1.82, 2.24) is 9.80 Å². The maximum atomic E-state index is 13.3. The van der Waals surface area contributed by atoms with Gasteiger partial charge in [0, 0.05) is 32.4 Å². The van der Waals surface area contributed by atoms with Crippen molar-refractivity contribution in [2.24, 2.45) is 0 Å². The Bertz CT molecular complexity index is 862. The highest BCUT2D eigenvalue weighted by Gasteiger charge is 2.26. The Kier molecular flexibility index (Phi) is 10.4. The van der Waals surface area contributed by atoms with Gasteiger partial charge in [0.05, 0.1) is 32.1 Å². The summed E-state index contributed by atoms with van der Waals surface area (Å²) < 4.78 is 22.1. The van der Waals surface area contributed by atoms with E-state index in [0.717, 1.165) is 31.4 Å². The average molecular weight is 473 g/mol. The van der Waals surface area contributed by atoms with E-state index in [2.05, 4.69) is 6.92 Å². The summed E-state index contributed by atoms with van der Waals surface area (Å²) in [5.74, 6) is 1.04. The zero-order valence-corrected chi connectivity index (χ0v) is 20.2. The molecule has 1 aromatic heterocycles. The predicted molar refractivity (Wildman–Crippen MR) is 128 cm³/mol. The highest BCUT2D eigenvalue weighted by Crippen LogP contribution is 2.17. The molecule has 1 saturated heterocycles. The van der Waals surface area contributed by atoms with Gasteiger partial charge in [0.15, 0.2) is 0 Å². The van der Waals surface area contributed by atoms with Crippen LogP contribution in [0.5, 0.6) is 5.75 Å². The first-order valence-electron chi connectivity index (χ1n) is 12.0. The SMILES string of the molecule is CCCCOc1ccc(C(=O)N(CCOC)CC(=O)N(Cc2ccco2)CC2CCCO2)cc1. The molecule has 34 heavy (non-hydrogen) atoms. The molecule has 0 saturated carbocycles. The maximum Gasteiger partial charge on any atom is 0.254 e. The van der Waals surface area contributed by atoms with Gasteiger partial charge >= 0.3 is 0 Å². The van der Waals surface area contributed by atoms with Gasteiger partial charge in [-0.05, 0) is 55.7 Å². The Morgan fingerprint density at radius 3 is 2.59 bits per heavy atom. The molecule has 0 radical (unpaired) electrons. The summed E-state index contributed by atoms with van der Waals surface area (Å²) in [6.07, 6.45) is 5.54. The zero-order valence-electron chi connectivity index (χ0n) is 20.2. The quantitative estimate of drug-likeness (QED) is 0.390. The number of carbonyl (C=O) groups excluding carboxylic acids is 2. The first-order valence-corrected chi connectivity index (χ1v) is 12.0. The number of hydrogen-bond donors (Lipinski definition) is 0. The molecule has 1 aliphatic heterocycles. The molecular formula is C26H36N2O6. The van der Waals surface area contributed by atoms with E-state index in [-0.39, 0.29) is 24.5 Å². The van der Waals surface area contributed by atoms with E-state index in [1.165, 1.54) is 4.90 Å². The first-order chi connectivity index (χ1) is 16.6. The molecular weight excluding hydrogens is 436 g/mol. The van der Waals surface area contributed by atoms with Gasteiger partial charge in [-0.25, -0.2) is 0 Å². The standard InChI is InChI=1S/C26H36N2O6/c1-3-4-14-32-22-11-9-21(10-12-22)26(30)27(13-17-31-2)20-25(29)28(18-23-7-5-15-33-23)19-24-8-6-16-34-24/h5,7,9-12,15,24H,3-4,6,8,13-14,16-20H2,1-2H3. The maximum absolute atomic E-state index is 13.3. The van der Waals surface area contributed by atoms with Crippen LogP contribution in [0.15, 0.2) is 47.1 Å². The lowest BCUT2D eigenvalue weighted by molar-refractivity contribution is -0.134. The molecule has 1 aromatic carbocycles. The van der Waals surface area contributed by atoms with Crippen LogP contribution in [-0.2, 0) is 20.8 Å². The van der Waals surface area contributed by atoms with E-state index in [0.29, 0.717) is 50.8 Å². The lowest BCUT2D eigenvalue weighted by Crippen LogP contribution is -2.45. The molecule has 8 heteroatoms. The second-order valence-corrected chi connectivity index (χ2v) is 8.43. The third-order valence-corrected chi connectivity index (χ3v) is 5.77. The Labute approximate surface area is 201 Å². The fraction of sp³-hybridized carbons (Fsp3) is 0.538. The fourth-order valence-corrected chi connectivity index (χ4v) is 3.81. The van der Waals surface area contributed by atoms with Crippen molar-refractivity contribution in [1.29, 1.82) is 0 Å². The summed E-state index contributed by atoms with van der Waals surface area (Å²) in [6, 6.07) is 10.7. The van der Waals surface area contributed by atoms with Crippen molar-refractivity contribution in [3.63, 3.8) is 0 Å². The van der Waals surface area contributed by atoms with E-state index in [1.54, 1.807) is 48.6 Å². The average Bonchev–Trinajstić information content (AvgIpc) is 3.56. The van der Waals surface area contributed by atoms with Crippen LogP contribution >= 0.6 is 0 Å². The normalized spacial score (nSPS) is 15.3. The third-order valence-electron chi connectivity index (χ3n) is 5.77. The van der Waals surface area contributed by atoms with Crippen LogP contribution in [0.25, 0.3) is 0 Å². The van der Waals surface area contributed by atoms with E-state index < -0.39 is 0 Å². The number of methoxy groups -OCH3 is 1. The van der Waals surface area contributed by atoms with E-state index in [4.69, 9.17) is 18.6 Å². The first kappa shape index (κ1) is 25.8. The molecule has 1 fully saturated rings. The molecule has 2 aromatic rings. The summed E-state index contributed by atoms with van der Waals surface area (Å²) in [5, 5.41) is 0. The third kappa shape index (κ3) is 7.88. The van der Waals surface area contributed by atoms with E-state index in [1.807, 2.05) is 6.07 Å². The van der Waals surface area contributed by atoms with Crippen molar-refractivity contribution >= 4 is 11.8 Å². The molecule has 0 spiro atoms. The van der Waals surface area contributed by atoms with Crippen LogP contribution in [0.2, 0.25) is 0 Å². The van der Waals surface area contributed by atoms with Gasteiger partial charge in [0.25, 0.3) is 5.91 Å². The number of unbranched alkanes of at least 4 members (excludes halogenated alkanes) is 1. The van der Waals surface area contributed by atoms with Gasteiger partial charge < -0.3 is 28.4 Å². The molecule has 3 rings (SSSR count). The molecule has 2 amide bonds. The van der Waals surface area contributed by atoms with Crippen LogP contribution in [0.1, 0.15) is 48.7 Å². The second kappa shape index (κ2) is 13.8. The summed E-state index contributed by atoms with van der Waals surface area (Å²) in [5.41, 5.74) is 0.503. The van der Waals surface area contributed by atoms with E-state index >= 15 is 0 Å². The minimum Gasteiger partial charge on any atom is -0.494 e. The number of carbonyl (C=O) groups is 2. The molecule has 2 heterocycles. The summed E-state index contributed by atoms with van der Waals surface area (Å²) in [4.78, 5) is 29.8. The Morgan fingerprint density at radius 1 is 1.12 bits per heavy atom. The smallest absolute Gasteiger partial charge is 0.254 e. The number of hydrogen-bond acceptors (Lipinski definition) is 6. The molecule has 186 valence electrons. The van der Waals surface area contributed by atoms with Gasteiger partial charge in [-0.15, -0.1) is 0 Å². The minimum absolute atomic E-state index is 0.00212. The summed E-state index contributed by atoms with van der Waals surface area (Å²) in [7, 11) is 1.58. The summed E-state index contributed by atoms with van der Waals surface area (Å²) >= 11 is 0. The topological polar surface area (TPSA) is 81.5 Å². The van der Waals surface area contributed by atoms with Gasteiger partial charge in [0.2, 0.25) is 5.91 Å². The van der Waals surface area contributed by atoms with Crippen molar-refractivity contribution in [2.45, 2.75) is 45.3 Å². The Morgan fingerprint density at radius 2 is 1.94 bits per heavy atom. The van der Waals surface area contributed by atoms with Gasteiger partial charge in [-0.1, -0.05) is 13.3 Å². The van der Waals surface area contributed by atoms with E-state index in [9.17, 15) is 9.59 Å². The monoisotopic (exact) mass is 472 g/mol. The number of nitrogens with zero attached hydrogens (tertiary/aromatic N) is 2. The van der Waals surface area contributed by atoms with Crippen LogP contribution in [-0.4, -0.2) is 74.3 Å². The fourth-order valence-electron chi connectivity index (χ4n) is 3.81. The molecule has 1 unspecified atom stereocenters. The molecule has 8 nitrogen and oxygen atoms in total. The predicted octanol–water partition coefficient (Wildman–Crippen LogP) is 3.75. The zero-order chi connectivity index (χ0) is 24.2. The Hall–Kier alpha value is -2.84. The number of benzene rings is 1. The number of furan rings is 1. The molecule has 0 aliphatic carbocycles. The van der Waals surface area contributed by atoms with Crippen molar-refractivity contribution in [2.75, 3.05) is 46.6 Å². The second-order valence-electron chi connectivity index (χ2n) is 8.43. The minimum atomic E-state index is -0.222. The molecule has 0 N–H and O–H groups in total. The van der Waals surface area contributed by atoms with Gasteiger partial charge in [-0.2, -0.15) is 0 Å². The van der Waals surface area contributed by atoms with Crippen molar-refractivity contribution in [3.8, 4) is 5.75 Å². The largest absolute Gasteiger partial charge is 0.494 e. The molecule has 1 atom stereocenters. The van der Waals surface area contributed by atoms with Crippen LogP contribution in [0.4, 0.5) is 0 Å². The van der Waals surface area contributed by atoms with Crippen LogP contribution < -0.4 is 4.74 Å². The highest BCUT2D eigenvalue weighted by molar-refractivity contribution is 5.96. The highest BCUT2D eigenvalue weighted by atomic mass is 16.5. The van der Waals surface area contributed by atoms with Gasteiger partial charge in [0.1, 0.15) is 18.1 Å². The summed E-state index contributed by atoms with van der Waals surface area (Å²) in [6.45, 7) is 4.86. The van der Waals surface area contributed by atoms with Crippen molar-refractivity contribution in [3.05, 3.63) is 54.0 Å². The Balaban J connectivity index is 1.68. The lowest BCUT2D eigenvalue weighted by Gasteiger charge is -2.28. The number of rotatable bonds is 14. The molecule has 0 bridgehead atoms. The van der Waals surface area contributed by atoms with Crippen LogP contribution in [0.3, 0.4) is 0 Å². The molecule has 1 aliphatic rings. The van der Waals surface area contributed by atoms with Gasteiger partial charge in [-0.3, -0.25) is 9.59 Å². The van der Waals surface area contributed by atoms with Crippen LogP contribution in [0, 0.1) is 0 Å².